The number of rotatable bonds is 5. The van der Waals surface area contributed by atoms with Crippen molar-refractivity contribution in [3.05, 3.63) is 40.3 Å². The van der Waals surface area contributed by atoms with Gasteiger partial charge in [-0.25, -0.2) is 4.98 Å². The van der Waals surface area contributed by atoms with E-state index in [1.54, 1.807) is 4.40 Å². The van der Waals surface area contributed by atoms with E-state index in [9.17, 15) is 4.79 Å². The third kappa shape index (κ3) is 3.98. The van der Waals surface area contributed by atoms with Gasteiger partial charge in [0.1, 0.15) is 11.5 Å². The van der Waals surface area contributed by atoms with Crippen LogP contribution in [0.5, 0.6) is 0 Å². The molecule has 4 rings (SSSR count). The maximum atomic E-state index is 13.0. The molecule has 0 saturated heterocycles. The van der Waals surface area contributed by atoms with Gasteiger partial charge in [0.05, 0.1) is 5.56 Å². The van der Waals surface area contributed by atoms with Crippen LogP contribution < -0.4 is 16.2 Å². The van der Waals surface area contributed by atoms with Crippen LogP contribution in [0.3, 0.4) is 0 Å². The van der Waals surface area contributed by atoms with Gasteiger partial charge in [-0.2, -0.15) is 0 Å². The van der Waals surface area contributed by atoms with Crippen molar-refractivity contribution in [2.45, 2.75) is 70.0 Å². The molecule has 136 valence electrons. The minimum atomic E-state index is 0. The second kappa shape index (κ2) is 8.19. The van der Waals surface area contributed by atoms with Gasteiger partial charge in [-0.3, -0.25) is 9.20 Å². The highest BCUT2D eigenvalue weighted by Crippen LogP contribution is 2.23. The SMILES string of the molecule is Cl.O=c1c(CNC2CCCC2)c(NC2CCCC2)nc2ccccn12. The summed E-state index contributed by atoms with van der Waals surface area (Å²) in [6, 6.07) is 6.70. The molecular formula is C19H27ClN4O. The largest absolute Gasteiger partial charge is 0.367 e. The molecular weight excluding hydrogens is 336 g/mol. The van der Waals surface area contributed by atoms with Gasteiger partial charge in [0.15, 0.2) is 0 Å². The molecule has 0 radical (unpaired) electrons. The number of fused-ring (bicyclic) bond motifs is 1. The van der Waals surface area contributed by atoms with E-state index in [1.165, 1.54) is 51.4 Å². The van der Waals surface area contributed by atoms with Crippen molar-refractivity contribution in [2.24, 2.45) is 0 Å². The lowest BCUT2D eigenvalue weighted by atomic mass is 10.2. The van der Waals surface area contributed by atoms with Crippen molar-refractivity contribution < 1.29 is 0 Å². The highest BCUT2D eigenvalue weighted by atomic mass is 35.5. The number of anilines is 1. The van der Waals surface area contributed by atoms with E-state index in [4.69, 9.17) is 4.98 Å². The molecule has 25 heavy (non-hydrogen) atoms. The Labute approximate surface area is 154 Å². The maximum absolute atomic E-state index is 13.0. The number of aromatic nitrogens is 2. The summed E-state index contributed by atoms with van der Waals surface area (Å²) in [5.41, 5.74) is 1.54. The van der Waals surface area contributed by atoms with Crippen molar-refractivity contribution in [3.63, 3.8) is 0 Å². The smallest absolute Gasteiger partial charge is 0.264 e. The van der Waals surface area contributed by atoms with Crippen LogP contribution in [0.2, 0.25) is 0 Å². The summed E-state index contributed by atoms with van der Waals surface area (Å²) in [6.07, 6.45) is 11.7. The molecule has 0 unspecified atom stereocenters. The topological polar surface area (TPSA) is 58.4 Å². The standard InChI is InChI=1S/C19H26N4O.ClH/c24-19-16(13-20-14-7-1-2-8-14)18(21-15-9-3-4-10-15)22-17-11-5-6-12-23(17)19;/h5-6,11-12,14-15,20-21H,1-4,7-10,13H2;1H. The first-order chi connectivity index (χ1) is 11.8. The second-order valence-electron chi connectivity index (χ2n) is 7.16. The summed E-state index contributed by atoms with van der Waals surface area (Å²) in [5, 5.41) is 7.13. The average Bonchev–Trinajstić information content (AvgIpc) is 3.28. The molecule has 2 aromatic heterocycles. The zero-order chi connectivity index (χ0) is 16.4. The molecule has 0 aliphatic heterocycles. The number of hydrogen-bond acceptors (Lipinski definition) is 4. The molecule has 5 nitrogen and oxygen atoms in total. The zero-order valence-corrected chi connectivity index (χ0v) is 15.4. The van der Waals surface area contributed by atoms with Crippen molar-refractivity contribution in [1.82, 2.24) is 14.7 Å². The molecule has 2 saturated carbocycles. The highest BCUT2D eigenvalue weighted by molar-refractivity contribution is 5.85. The molecule has 2 aliphatic carbocycles. The van der Waals surface area contributed by atoms with E-state index in [1.807, 2.05) is 24.4 Å². The Balaban J connectivity index is 0.00000182. The van der Waals surface area contributed by atoms with Crippen LogP contribution in [0.1, 0.15) is 56.9 Å². The van der Waals surface area contributed by atoms with Crippen LogP contribution in [-0.4, -0.2) is 21.5 Å². The summed E-state index contributed by atoms with van der Waals surface area (Å²) < 4.78 is 1.66. The Hall–Kier alpha value is -1.59. The Bertz CT molecular complexity index is 764. The number of nitrogens with zero attached hydrogens (tertiary/aromatic N) is 2. The third-order valence-corrected chi connectivity index (χ3v) is 5.45. The van der Waals surface area contributed by atoms with E-state index >= 15 is 0 Å². The summed E-state index contributed by atoms with van der Waals surface area (Å²) in [7, 11) is 0. The summed E-state index contributed by atoms with van der Waals surface area (Å²) in [5.74, 6) is 0.781. The van der Waals surface area contributed by atoms with Crippen LogP contribution in [0.25, 0.3) is 5.65 Å². The summed E-state index contributed by atoms with van der Waals surface area (Å²) in [6.45, 7) is 0.601. The maximum Gasteiger partial charge on any atom is 0.264 e. The van der Waals surface area contributed by atoms with Gasteiger partial charge in [0, 0.05) is 24.8 Å². The van der Waals surface area contributed by atoms with E-state index < -0.39 is 0 Å². The first-order valence-corrected chi connectivity index (χ1v) is 9.31. The molecule has 2 aliphatic rings. The molecule has 6 heteroatoms. The van der Waals surface area contributed by atoms with E-state index in [2.05, 4.69) is 10.6 Å². The lowest BCUT2D eigenvalue weighted by Gasteiger charge is -2.18. The molecule has 0 bridgehead atoms. The fourth-order valence-electron chi connectivity index (χ4n) is 4.04. The molecule has 0 amide bonds. The lowest BCUT2D eigenvalue weighted by molar-refractivity contribution is 0.521. The van der Waals surface area contributed by atoms with Crippen molar-refractivity contribution in [1.29, 1.82) is 0 Å². The van der Waals surface area contributed by atoms with E-state index in [0.717, 1.165) is 11.4 Å². The normalized spacial score (nSPS) is 18.6. The van der Waals surface area contributed by atoms with Crippen molar-refractivity contribution in [2.75, 3.05) is 5.32 Å². The molecule has 2 N–H and O–H groups in total. The molecule has 2 fully saturated rings. The minimum absolute atomic E-state index is 0. The van der Waals surface area contributed by atoms with Gasteiger partial charge in [-0.15, -0.1) is 12.4 Å². The first kappa shape index (κ1) is 18.2. The molecule has 0 spiro atoms. The Morgan fingerprint density at radius 3 is 2.44 bits per heavy atom. The quantitative estimate of drug-likeness (QED) is 0.854. The monoisotopic (exact) mass is 362 g/mol. The van der Waals surface area contributed by atoms with Crippen LogP contribution in [0.4, 0.5) is 5.82 Å². The fraction of sp³-hybridized carbons (Fsp3) is 0.579. The van der Waals surface area contributed by atoms with Gasteiger partial charge in [-0.1, -0.05) is 31.7 Å². The molecule has 0 aromatic carbocycles. The van der Waals surface area contributed by atoms with Gasteiger partial charge < -0.3 is 10.6 Å². The lowest BCUT2D eigenvalue weighted by Crippen LogP contribution is -2.32. The van der Waals surface area contributed by atoms with Crippen molar-refractivity contribution in [3.8, 4) is 0 Å². The Morgan fingerprint density at radius 2 is 1.72 bits per heavy atom. The fourth-order valence-corrected chi connectivity index (χ4v) is 4.04. The summed E-state index contributed by atoms with van der Waals surface area (Å²) >= 11 is 0. The number of nitrogens with one attached hydrogen (secondary N) is 2. The summed E-state index contributed by atoms with van der Waals surface area (Å²) in [4.78, 5) is 17.7. The van der Waals surface area contributed by atoms with Gasteiger partial charge in [0.25, 0.3) is 5.56 Å². The third-order valence-electron chi connectivity index (χ3n) is 5.45. The second-order valence-corrected chi connectivity index (χ2v) is 7.16. The van der Waals surface area contributed by atoms with Crippen LogP contribution >= 0.6 is 12.4 Å². The molecule has 2 heterocycles. The van der Waals surface area contributed by atoms with E-state index in [0.29, 0.717) is 24.3 Å². The van der Waals surface area contributed by atoms with Crippen LogP contribution in [0, 0.1) is 0 Å². The van der Waals surface area contributed by atoms with Gasteiger partial charge >= 0.3 is 0 Å². The minimum Gasteiger partial charge on any atom is -0.367 e. The van der Waals surface area contributed by atoms with Gasteiger partial charge in [0.2, 0.25) is 0 Å². The van der Waals surface area contributed by atoms with Crippen LogP contribution in [0.15, 0.2) is 29.2 Å². The number of halogens is 1. The predicted octanol–water partition coefficient (Wildman–Crippen LogP) is 3.50. The Morgan fingerprint density at radius 1 is 1.04 bits per heavy atom. The van der Waals surface area contributed by atoms with Crippen molar-refractivity contribution >= 4 is 23.9 Å². The zero-order valence-electron chi connectivity index (χ0n) is 14.5. The van der Waals surface area contributed by atoms with E-state index in [-0.39, 0.29) is 18.0 Å². The van der Waals surface area contributed by atoms with Crippen LogP contribution in [-0.2, 0) is 6.54 Å². The molecule has 2 aromatic rings. The Kier molecular flexibility index (Phi) is 5.97. The highest BCUT2D eigenvalue weighted by Gasteiger charge is 2.21. The average molecular weight is 363 g/mol. The number of hydrogen-bond donors (Lipinski definition) is 2. The van der Waals surface area contributed by atoms with Gasteiger partial charge in [-0.05, 0) is 37.8 Å². The predicted molar refractivity (Wildman–Crippen MR) is 104 cm³/mol. The first-order valence-electron chi connectivity index (χ1n) is 9.31. The number of pyridine rings is 1. The molecule has 0 atom stereocenters.